The van der Waals surface area contributed by atoms with Crippen LogP contribution in [0.25, 0.3) is 6.08 Å². The molecular formula is C25H26N2O5. The maximum atomic E-state index is 12.8. The molecule has 2 aromatic carbocycles. The maximum absolute atomic E-state index is 12.8. The molecule has 0 aliphatic rings. The van der Waals surface area contributed by atoms with Crippen LogP contribution in [-0.2, 0) is 11.2 Å². The minimum Gasteiger partial charge on any atom is -0.493 e. The summed E-state index contributed by atoms with van der Waals surface area (Å²) in [6, 6.07) is 18.2. The lowest BCUT2D eigenvalue weighted by Crippen LogP contribution is -2.35. The molecular weight excluding hydrogens is 408 g/mol. The van der Waals surface area contributed by atoms with Crippen LogP contribution in [0.5, 0.6) is 11.5 Å². The van der Waals surface area contributed by atoms with Crippen molar-refractivity contribution < 1.29 is 23.5 Å². The molecule has 1 heterocycles. The molecule has 0 saturated carbocycles. The average molecular weight is 434 g/mol. The molecule has 0 unspecified atom stereocenters. The standard InChI is InChI=1S/C25H26N2O5/c1-30-22-13-12-19(16-23(22)31-2)24(28)27-21(17-20-11-7-15-32-20)25(29)26-14-6-10-18-8-4-3-5-9-18/h3-5,7-9,11-13,15-17H,6,10,14H2,1-2H3,(H,26,29)(H,27,28)/b21-17-. The zero-order valence-electron chi connectivity index (χ0n) is 18.1. The van der Waals surface area contributed by atoms with Crippen molar-refractivity contribution in [2.24, 2.45) is 0 Å². The number of benzene rings is 2. The van der Waals surface area contributed by atoms with Gasteiger partial charge >= 0.3 is 0 Å². The molecule has 2 N–H and O–H groups in total. The predicted molar refractivity (Wildman–Crippen MR) is 121 cm³/mol. The Morgan fingerprint density at radius 3 is 2.44 bits per heavy atom. The lowest BCUT2D eigenvalue weighted by atomic mass is 10.1. The highest BCUT2D eigenvalue weighted by Gasteiger charge is 2.17. The number of hydrogen-bond acceptors (Lipinski definition) is 5. The van der Waals surface area contributed by atoms with Crippen molar-refractivity contribution >= 4 is 17.9 Å². The van der Waals surface area contributed by atoms with Crippen LogP contribution in [0.3, 0.4) is 0 Å². The van der Waals surface area contributed by atoms with Crippen LogP contribution >= 0.6 is 0 Å². The van der Waals surface area contributed by atoms with E-state index in [2.05, 4.69) is 10.6 Å². The van der Waals surface area contributed by atoms with Gasteiger partial charge in [-0.3, -0.25) is 9.59 Å². The highest BCUT2D eigenvalue weighted by molar-refractivity contribution is 6.05. The van der Waals surface area contributed by atoms with E-state index < -0.39 is 11.8 Å². The second-order valence-electron chi connectivity index (χ2n) is 6.94. The molecule has 0 bridgehead atoms. The summed E-state index contributed by atoms with van der Waals surface area (Å²) in [5, 5.41) is 5.53. The highest BCUT2D eigenvalue weighted by Crippen LogP contribution is 2.27. The first-order chi connectivity index (χ1) is 15.6. The largest absolute Gasteiger partial charge is 0.493 e. The average Bonchev–Trinajstić information content (AvgIpc) is 3.34. The van der Waals surface area contributed by atoms with Gasteiger partial charge in [-0.05, 0) is 48.7 Å². The topological polar surface area (TPSA) is 89.8 Å². The number of aryl methyl sites for hydroxylation is 1. The smallest absolute Gasteiger partial charge is 0.267 e. The number of methoxy groups -OCH3 is 2. The van der Waals surface area contributed by atoms with Crippen molar-refractivity contribution in [3.05, 3.63) is 89.5 Å². The maximum Gasteiger partial charge on any atom is 0.267 e. The molecule has 0 aliphatic heterocycles. The first-order valence-corrected chi connectivity index (χ1v) is 10.2. The van der Waals surface area contributed by atoms with Gasteiger partial charge < -0.3 is 24.5 Å². The van der Waals surface area contributed by atoms with Crippen LogP contribution in [-0.4, -0.2) is 32.6 Å². The molecule has 0 radical (unpaired) electrons. The second-order valence-corrected chi connectivity index (χ2v) is 6.94. The number of furan rings is 1. The zero-order valence-corrected chi connectivity index (χ0v) is 18.1. The van der Waals surface area contributed by atoms with Gasteiger partial charge in [-0.25, -0.2) is 0 Å². The van der Waals surface area contributed by atoms with Gasteiger partial charge in [0.05, 0.1) is 20.5 Å². The fourth-order valence-corrected chi connectivity index (χ4v) is 3.08. The second kappa shape index (κ2) is 11.4. The Balaban J connectivity index is 1.67. The number of ether oxygens (including phenoxy) is 2. The van der Waals surface area contributed by atoms with E-state index >= 15 is 0 Å². The van der Waals surface area contributed by atoms with Gasteiger partial charge in [0.1, 0.15) is 11.5 Å². The van der Waals surface area contributed by atoms with E-state index in [1.165, 1.54) is 32.1 Å². The number of carbonyl (C=O) groups is 2. The molecule has 0 atom stereocenters. The van der Waals surface area contributed by atoms with Crippen LogP contribution in [0.1, 0.15) is 28.1 Å². The van der Waals surface area contributed by atoms with E-state index in [1.54, 1.807) is 30.3 Å². The van der Waals surface area contributed by atoms with Crippen molar-refractivity contribution in [3.63, 3.8) is 0 Å². The summed E-state index contributed by atoms with van der Waals surface area (Å²) >= 11 is 0. The van der Waals surface area contributed by atoms with Gasteiger partial charge in [-0.2, -0.15) is 0 Å². The fourth-order valence-electron chi connectivity index (χ4n) is 3.08. The first kappa shape index (κ1) is 22.7. The quantitative estimate of drug-likeness (QED) is 0.374. The lowest BCUT2D eigenvalue weighted by Gasteiger charge is -2.12. The molecule has 0 saturated heterocycles. The molecule has 1 aromatic heterocycles. The minimum atomic E-state index is -0.455. The SMILES string of the molecule is COc1ccc(C(=O)N/C(=C\c2ccco2)C(=O)NCCCc2ccccc2)cc1OC. The number of rotatable bonds is 10. The molecule has 166 valence electrons. The molecule has 3 aromatic rings. The Kier molecular flexibility index (Phi) is 8.09. The summed E-state index contributed by atoms with van der Waals surface area (Å²) in [7, 11) is 3.01. The van der Waals surface area contributed by atoms with Crippen molar-refractivity contribution in [1.29, 1.82) is 0 Å². The fraction of sp³-hybridized carbons (Fsp3) is 0.200. The summed E-state index contributed by atoms with van der Waals surface area (Å²) < 4.78 is 15.8. The Hall–Kier alpha value is -4.00. The van der Waals surface area contributed by atoms with Gasteiger partial charge in [-0.1, -0.05) is 30.3 Å². The van der Waals surface area contributed by atoms with E-state index in [0.717, 1.165) is 12.8 Å². The van der Waals surface area contributed by atoms with Crippen molar-refractivity contribution in [3.8, 4) is 11.5 Å². The van der Waals surface area contributed by atoms with Crippen LogP contribution in [0.15, 0.2) is 77.0 Å². The molecule has 0 aliphatic carbocycles. The van der Waals surface area contributed by atoms with Crippen LogP contribution in [0.4, 0.5) is 0 Å². The van der Waals surface area contributed by atoms with E-state index in [4.69, 9.17) is 13.9 Å². The summed E-state index contributed by atoms with van der Waals surface area (Å²) in [6.45, 7) is 0.468. The third-order valence-electron chi connectivity index (χ3n) is 4.74. The third kappa shape index (κ3) is 6.25. The lowest BCUT2D eigenvalue weighted by molar-refractivity contribution is -0.117. The van der Waals surface area contributed by atoms with Crippen LogP contribution < -0.4 is 20.1 Å². The van der Waals surface area contributed by atoms with Gasteiger partial charge in [0.15, 0.2) is 11.5 Å². The van der Waals surface area contributed by atoms with E-state index in [9.17, 15) is 9.59 Å². The molecule has 7 heteroatoms. The van der Waals surface area contributed by atoms with Crippen LogP contribution in [0, 0.1) is 0 Å². The molecule has 2 amide bonds. The van der Waals surface area contributed by atoms with Gasteiger partial charge in [0, 0.05) is 18.2 Å². The molecule has 0 spiro atoms. The summed E-state index contributed by atoms with van der Waals surface area (Å²) in [5.74, 6) is 0.521. The first-order valence-electron chi connectivity index (χ1n) is 10.2. The number of nitrogens with one attached hydrogen (secondary N) is 2. The van der Waals surface area contributed by atoms with Gasteiger partial charge in [-0.15, -0.1) is 0 Å². The zero-order chi connectivity index (χ0) is 22.8. The minimum absolute atomic E-state index is 0.0828. The summed E-state index contributed by atoms with van der Waals surface area (Å²) in [6.07, 6.45) is 4.60. The van der Waals surface area contributed by atoms with E-state index in [1.807, 2.05) is 30.3 Å². The molecule has 0 fully saturated rings. The van der Waals surface area contributed by atoms with E-state index in [-0.39, 0.29) is 5.70 Å². The molecule has 32 heavy (non-hydrogen) atoms. The Bertz CT molecular complexity index is 1060. The normalized spacial score (nSPS) is 11.0. The Labute approximate surface area is 187 Å². The predicted octanol–water partition coefficient (Wildman–Crippen LogP) is 3.82. The van der Waals surface area contributed by atoms with Gasteiger partial charge in [0.2, 0.25) is 0 Å². The number of hydrogen-bond donors (Lipinski definition) is 2. The molecule has 3 rings (SSSR count). The monoisotopic (exact) mass is 434 g/mol. The number of amides is 2. The van der Waals surface area contributed by atoms with Gasteiger partial charge in [0.25, 0.3) is 11.8 Å². The third-order valence-corrected chi connectivity index (χ3v) is 4.74. The van der Waals surface area contributed by atoms with Crippen molar-refractivity contribution in [1.82, 2.24) is 10.6 Å². The van der Waals surface area contributed by atoms with Crippen molar-refractivity contribution in [2.75, 3.05) is 20.8 Å². The van der Waals surface area contributed by atoms with Crippen molar-refractivity contribution in [2.45, 2.75) is 12.8 Å². The molecule has 7 nitrogen and oxygen atoms in total. The highest BCUT2D eigenvalue weighted by atomic mass is 16.5. The summed E-state index contributed by atoms with van der Waals surface area (Å²) in [5.41, 5.74) is 1.61. The summed E-state index contributed by atoms with van der Waals surface area (Å²) in [4.78, 5) is 25.6. The Morgan fingerprint density at radius 2 is 1.75 bits per heavy atom. The number of carbonyl (C=O) groups excluding carboxylic acids is 2. The Morgan fingerprint density at radius 1 is 0.969 bits per heavy atom. The van der Waals surface area contributed by atoms with E-state index in [0.29, 0.717) is 29.4 Å². The van der Waals surface area contributed by atoms with Crippen LogP contribution in [0.2, 0.25) is 0 Å².